The maximum absolute atomic E-state index is 12.9. The zero-order chi connectivity index (χ0) is 21.0. The molecule has 1 aliphatic rings. The number of hydrogen-bond donors (Lipinski definition) is 0. The maximum atomic E-state index is 12.9. The van der Waals surface area contributed by atoms with Crippen LogP contribution in [0, 0.1) is 19.8 Å². The van der Waals surface area contributed by atoms with Crippen LogP contribution in [0.2, 0.25) is 0 Å². The third-order valence-electron chi connectivity index (χ3n) is 5.61. The summed E-state index contributed by atoms with van der Waals surface area (Å²) in [6.07, 6.45) is 3.77. The molecule has 0 amide bonds. The first-order valence-electron chi connectivity index (χ1n) is 10.1. The number of aromatic nitrogens is 5. The molecule has 0 aromatic carbocycles. The van der Waals surface area contributed by atoms with Crippen LogP contribution in [0.4, 0.5) is 5.69 Å². The molecule has 1 fully saturated rings. The number of aryl methyl sites for hydroxylation is 2. The van der Waals surface area contributed by atoms with E-state index < -0.39 is 0 Å². The van der Waals surface area contributed by atoms with Crippen LogP contribution in [-0.2, 0) is 0 Å². The lowest BCUT2D eigenvalue weighted by molar-refractivity contribution is 0.283. The molecule has 0 aliphatic carbocycles. The molecular weight excluding hydrogens is 378 g/mol. The summed E-state index contributed by atoms with van der Waals surface area (Å²) in [5.74, 6) is 0.671. The molecular formula is C22H25N7O. The van der Waals surface area contributed by atoms with E-state index in [9.17, 15) is 4.79 Å². The van der Waals surface area contributed by atoms with Crippen molar-refractivity contribution in [3.05, 3.63) is 58.4 Å². The fraction of sp³-hybridized carbons (Fsp3) is 0.364. The monoisotopic (exact) mass is 403 g/mol. The molecule has 8 nitrogen and oxygen atoms in total. The number of rotatable bonds is 4. The minimum atomic E-state index is -0.106. The fourth-order valence-corrected chi connectivity index (χ4v) is 4.24. The first kappa shape index (κ1) is 18.7. The second kappa shape index (κ2) is 6.91. The highest BCUT2D eigenvalue weighted by molar-refractivity contribution is 5.66. The minimum Gasteiger partial charge on any atom is -0.370 e. The van der Waals surface area contributed by atoms with E-state index in [4.69, 9.17) is 4.98 Å². The van der Waals surface area contributed by atoms with Gasteiger partial charge in [0.2, 0.25) is 0 Å². The largest absolute Gasteiger partial charge is 0.370 e. The Morgan fingerprint density at radius 2 is 1.87 bits per heavy atom. The Morgan fingerprint density at radius 3 is 2.63 bits per heavy atom. The molecule has 1 saturated heterocycles. The average molecular weight is 403 g/mol. The first-order chi connectivity index (χ1) is 14.4. The van der Waals surface area contributed by atoms with Crippen molar-refractivity contribution in [2.45, 2.75) is 13.8 Å². The predicted molar refractivity (Wildman–Crippen MR) is 117 cm³/mol. The standard InChI is InChI=1S/C22H25N7O/c1-14-9-29-20(15(2)23-14)7-19(25-29)18-8-22(30)28-13-17(5-6-21(28)24-18)27-11-16(12-27)10-26(3)4/h5-9,13,16H,10-12H2,1-4H3. The number of nitrogens with zero attached hydrogens (tertiary/aromatic N) is 7. The summed E-state index contributed by atoms with van der Waals surface area (Å²) in [7, 11) is 4.20. The second-order valence-corrected chi connectivity index (χ2v) is 8.46. The van der Waals surface area contributed by atoms with E-state index in [0.717, 1.165) is 42.2 Å². The van der Waals surface area contributed by atoms with Gasteiger partial charge in [-0.3, -0.25) is 14.2 Å². The molecule has 0 radical (unpaired) electrons. The van der Waals surface area contributed by atoms with E-state index in [-0.39, 0.29) is 5.56 Å². The minimum absolute atomic E-state index is 0.106. The van der Waals surface area contributed by atoms with Gasteiger partial charge in [-0.05, 0) is 46.1 Å². The quantitative estimate of drug-likeness (QED) is 0.519. The third-order valence-corrected chi connectivity index (χ3v) is 5.61. The molecule has 0 unspecified atom stereocenters. The summed E-state index contributed by atoms with van der Waals surface area (Å²) < 4.78 is 3.42. The molecule has 0 saturated carbocycles. The predicted octanol–water partition coefficient (Wildman–Crippen LogP) is 2.02. The molecule has 8 heteroatoms. The van der Waals surface area contributed by atoms with Gasteiger partial charge in [0.05, 0.1) is 34.5 Å². The number of anilines is 1. The summed E-state index contributed by atoms with van der Waals surface area (Å²) in [5, 5.41) is 4.61. The van der Waals surface area contributed by atoms with Crippen molar-refractivity contribution in [3.8, 4) is 11.4 Å². The van der Waals surface area contributed by atoms with Crippen molar-refractivity contribution in [1.82, 2.24) is 28.9 Å². The second-order valence-electron chi connectivity index (χ2n) is 8.46. The van der Waals surface area contributed by atoms with Gasteiger partial charge in [0.25, 0.3) is 5.56 Å². The smallest absolute Gasteiger partial charge is 0.258 e. The maximum Gasteiger partial charge on any atom is 0.258 e. The van der Waals surface area contributed by atoms with Crippen molar-refractivity contribution < 1.29 is 0 Å². The third kappa shape index (κ3) is 3.23. The number of fused-ring (bicyclic) bond motifs is 2. The Kier molecular flexibility index (Phi) is 4.32. The average Bonchev–Trinajstić information content (AvgIpc) is 3.08. The Morgan fingerprint density at radius 1 is 1.07 bits per heavy atom. The van der Waals surface area contributed by atoms with Crippen molar-refractivity contribution in [3.63, 3.8) is 0 Å². The first-order valence-corrected chi connectivity index (χ1v) is 10.1. The highest BCUT2D eigenvalue weighted by Gasteiger charge is 2.27. The zero-order valence-electron chi connectivity index (χ0n) is 17.7. The molecule has 0 spiro atoms. The summed E-state index contributed by atoms with van der Waals surface area (Å²) >= 11 is 0. The van der Waals surface area contributed by atoms with E-state index in [2.05, 4.69) is 34.0 Å². The van der Waals surface area contributed by atoms with E-state index >= 15 is 0 Å². The van der Waals surface area contributed by atoms with Crippen LogP contribution in [0.3, 0.4) is 0 Å². The van der Waals surface area contributed by atoms with Gasteiger partial charge in [0.1, 0.15) is 11.3 Å². The van der Waals surface area contributed by atoms with Gasteiger partial charge < -0.3 is 9.80 Å². The van der Waals surface area contributed by atoms with E-state index in [1.165, 1.54) is 0 Å². The molecule has 1 aliphatic heterocycles. The van der Waals surface area contributed by atoms with E-state index in [0.29, 0.717) is 23.0 Å². The molecule has 4 aromatic rings. The molecule has 154 valence electrons. The van der Waals surface area contributed by atoms with Crippen LogP contribution in [0.5, 0.6) is 0 Å². The highest BCUT2D eigenvalue weighted by atomic mass is 16.1. The summed E-state index contributed by atoms with van der Waals surface area (Å²) in [6, 6.07) is 7.43. The molecule has 0 bridgehead atoms. The van der Waals surface area contributed by atoms with Gasteiger partial charge in [-0.1, -0.05) is 0 Å². The number of hydrogen-bond acceptors (Lipinski definition) is 6. The lowest BCUT2D eigenvalue weighted by Crippen LogP contribution is -2.50. The number of pyridine rings is 1. The summed E-state index contributed by atoms with van der Waals surface area (Å²) in [4.78, 5) is 26.5. The van der Waals surface area contributed by atoms with Gasteiger partial charge in [0, 0.05) is 37.8 Å². The van der Waals surface area contributed by atoms with Crippen LogP contribution >= 0.6 is 0 Å². The van der Waals surface area contributed by atoms with Crippen molar-refractivity contribution in [2.75, 3.05) is 38.6 Å². The van der Waals surface area contributed by atoms with Crippen LogP contribution in [0.1, 0.15) is 11.4 Å². The van der Waals surface area contributed by atoms with Crippen LogP contribution in [-0.4, -0.2) is 62.6 Å². The summed E-state index contributed by atoms with van der Waals surface area (Å²) in [5.41, 5.74) is 5.52. The lowest BCUT2D eigenvalue weighted by Gasteiger charge is -2.42. The molecule has 4 aromatic heterocycles. The molecule has 5 rings (SSSR count). The van der Waals surface area contributed by atoms with Gasteiger partial charge in [-0.25, -0.2) is 9.50 Å². The van der Waals surface area contributed by atoms with Gasteiger partial charge in [-0.2, -0.15) is 5.10 Å². The fourth-order valence-electron chi connectivity index (χ4n) is 4.24. The van der Waals surface area contributed by atoms with Gasteiger partial charge in [0.15, 0.2) is 0 Å². The molecule has 5 heterocycles. The normalized spacial score (nSPS) is 14.8. The summed E-state index contributed by atoms with van der Waals surface area (Å²) in [6.45, 7) is 7.00. The van der Waals surface area contributed by atoms with Gasteiger partial charge >= 0.3 is 0 Å². The van der Waals surface area contributed by atoms with Crippen molar-refractivity contribution in [1.29, 1.82) is 0 Å². The van der Waals surface area contributed by atoms with Gasteiger partial charge in [-0.15, -0.1) is 0 Å². The van der Waals surface area contributed by atoms with Crippen molar-refractivity contribution >= 4 is 16.9 Å². The Balaban J connectivity index is 1.48. The molecule has 0 N–H and O–H groups in total. The zero-order valence-corrected chi connectivity index (χ0v) is 17.7. The SMILES string of the molecule is Cc1cn2nc(-c3cc(=O)n4cc(N5CC(CN(C)C)C5)ccc4n3)cc2c(C)n1. The van der Waals surface area contributed by atoms with Crippen LogP contribution in [0.25, 0.3) is 22.6 Å². The highest BCUT2D eigenvalue weighted by Crippen LogP contribution is 2.25. The Labute approximate surface area is 174 Å². The topological polar surface area (TPSA) is 71.0 Å². The van der Waals surface area contributed by atoms with Crippen molar-refractivity contribution in [2.24, 2.45) is 5.92 Å². The Bertz CT molecular complexity index is 1310. The lowest BCUT2D eigenvalue weighted by atomic mass is 9.99. The van der Waals surface area contributed by atoms with Crippen LogP contribution in [0.15, 0.2) is 41.5 Å². The molecule has 0 atom stereocenters. The molecule has 30 heavy (non-hydrogen) atoms. The van der Waals surface area contributed by atoms with E-state index in [1.54, 1.807) is 15.0 Å². The van der Waals surface area contributed by atoms with E-state index in [1.807, 2.05) is 44.4 Å². The Hall–Kier alpha value is -3.26. The van der Waals surface area contributed by atoms with Crippen LogP contribution < -0.4 is 10.5 Å².